The molecule has 0 aromatic heterocycles. The van der Waals surface area contributed by atoms with Crippen molar-refractivity contribution in [1.29, 1.82) is 0 Å². The summed E-state index contributed by atoms with van der Waals surface area (Å²) in [5.74, 6) is 1.14. The van der Waals surface area contributed by atoms with Crippen molar-refractivity contribution in [2.24, 2.45) is 5.92 Å². The zero-order chi connectivity index (χ0) is 16.1. The number of rotatable bonds is 8. The first-order valence-corrected chi connectivity index (χ1v) is 8.51. The summed E-state index contributed by atoms with van der Waals surface area (Å²) in [7, 11) is 1.63. The number of benzene rings is 1. The normalized spacial score (nSPS) is 21.3. The summed E-state index contributed by atoms with van der Waals surface area (Å²) in [5.41, 5.74) is 0.598. The molecule has 1 saturated carbocycles. The van der Waals surface area contributed by atoms with Gasteiger partial charge in [-0.1, -0.05) is 12.1 Å². The van der Waals surface area contributed by atoms with Gasteiger partial charge in [0.05, 0.1) is 12.2 Å². The van der Waals surface area contributed by atoms with Crippen molar-refractivity contribution in [1.82, 2.24) is 10.2 Å². The van der Waals surface area contributed by atoms with E-state index in [1.54, 1.807) is 7.11 Å². The monoisotopic (exact) mass is 318 g/mol. The van der Waals surface area contributed by atoms with Crippen LogP contribution in [0.2, 0.25) is 0 Å². The molecule has 1 amide bonds. The lowest BCUT2D eigenvalue weighted by Crippen LogP contribution is -2.31. The Morgan fingerprint density at radius 2 is 2.09 bits per heavy atom. The lowest BCUT2D eigenvalue weighted by atomic mass is 10.1. The maximum absolute atomic E-state index is 12.4. The molecule has 3 rings (SSSR count). The van der Waals surface area contributed by atoms with Crippen molar-refractivity contribution in [3.8, 4) is 5.75 Å². The fraction of sp³-hybridized carbons (Fsp3) is 0.611. The molecule has 0 bridgehead atoms. The number of amides is 1. The zero-order valence-electron chi connectivity index (χ0n) is 13.8. The molecule has 0 radical (unpaired) electrons. The molecule has 1 saturated heterocycles. The van der Waals surface area contributed by atoms with Gasteiger partial charge in [-0.3, -0.25) is 4.79 Å². The molecule has 1 heterocycles. The second-order valence-corrected chi connectivity index (χ2v) is 6.43. The van der Waals surface area contributed by atoms with Crippen LogP contribution in [0, 0.1) is 5.92 Å². The summed E-state index contributed by atoms with van der Waals surface area (Å²) in [6.07, 6.45) is 3.89. The molecule has 2 aliphatic rings. The van der Waals surface area contributed by atoms with Crippen LogP contribution in [0.25, 0.3) is 0 Å². The number of carbonyl (C=O) groups excluding carboxylic acids is 1. The van der Waals surface area contributed by atoms with Crippen LogP contribution in [0.4, 0.5) is 0 Å². The summed E-state index contributed by atoms with van der Waals surface area (Å²) >= 11 is 0. The average molecular weight is 318 g/mol. The molecule has 23 heavy (non-hydrogen) atoms. The minimum absolute atomic E-state index is 0.0529. The molecule has 5 heteroatoms. The van der Waals surface area contributed by atoms with Crippen molar-refractivity contribution < 1.29 is 14.3 Å². The number of nitrogens with zero attached hydrogens (tertiary/aromatic N) is 1. The Kier molecular flexibility index (Phi) is 5.51. The van der Waals surface area contributed by atoms with E-state index < -0.39 is 0 Å². The maximum atomic E-state index is 12.4. The van der Waals surface area contributed by atoms with Gasteiger partial charge >= 0.3 is 0 Å². The van der Waals surface area contributed by atoms with Gasteiger partial charge in [0.25, 0.3) is 5.91 Å². The van der Waals surface area contributed by atoms with E-state index in [2.05, 4.69) is 10.2 Å². The predicted octanol–water partition coefficient (Wildman–Crippen LogP) is 1.93. The highest BCUT2D eigenvalue weighted by atomic mass is 16.5. The van der Waals surface area contributed by atoms with Gasteiger partial charge in [0.2, 0.25) is 0 Å². The van der Waals surface area contributed by atoms with Crippen molar-refractivity contribution in [2.75, 3.05) is 40.0 Å². The summed E-state index contributed by atoms with van der Waals surface area (Å²) in [6, 6.07) is 8.20. The number of carbonyl (C=O) groups is 1. The molecular weight excluding hydrogens is 292 g/mol. The minimum atomic E-state index is -0.0529. The van der Waals surface area contributed by atoms with E-state index in [9.17, 15) is 4.79 Å². The average Bonchev–Trinajstić information content (AvgIpc) is 3.32. The number of ether oxygens (including phenoxy) is 2. The van der Waals surface area contributed by atoms with Crippen molar-refractivity contribution in [3.05, 3.63) is 29.8 Å². The standard InChI is InChI=1S/C18H26N2O3/c1-22-10-11-23-17-5-3-2-4-16(17)18(21)19-12-14-8-9-20(13-14)15-6-7-15/h2-5,14-15H,6-13H2,1H3,(H,19,21)/t14-/m1/s1. The number of para-hydroxylation sites is 1. The first kappa shape index (κ1) is 16.3. The largest absolute Gasteiger partial charge is 0.490 e. The molecule has 1 aromatic rings. The van der Waals surface area contributed by atoms with Gasteiger partial charge in [0.1, 0.15) is 12.4 Å². The molecule has 1 N–H and O–H groups in total. The summed E-state index contributed by atoms with van der Waals surface area (Å²) in [5, 5.41) is 3.07. The van der Waals surface area contributed by atoms with Crippen LogP contribution < -0.4 is 10.1 Å². The molecule has 1 atom stereocenters. The molecule has 126 valence electrons. The van der Waals surface area contributed by atoms with E-state index in [1.165, 1.54) is 25.8 Å². The zero-order valence-corrected chi connectivity index (χ0v) is 13.8. The van der Waals surface area contributed by atoms with Crippen molar-refractivity contribution >= 4 is 5.91 Å². The molecule has 1 aromatic carbocycles. The maximum Gasteiger partial charge on any atom is 0.255 e. The van der Waals surface area contributed by atoms with Gasteiger partial charge in [0.15, 0.2) is 0 Å². The van der Waals surface area contributed by atoms with E-state index >= 15 is 0 Å². The van der Waals surface area contributed by atoms with E-state index in [0.29, 0.717) is 30.4 Å². The fourth-order valence-electron chi connectivity index (χ4n) is 3.15. The Labute approximate surface area is 137 Å². The third-order valence-corrected chi connectivity index (χ3v) is 4.61. The van der Waals surface area contributed by atoms with Crippen LogP contribution in [0.3, 0.4) is 0 Å². The molecule has 1 aliphatic heterocycles. The fourth-order valence-corrected chi connectivity index (χ4v) is 3.15. The second-order valence-electron chi connectivity index (χ2n) is 6.43. The van der Waals surface area contributed by atoms with Crippen LogP contribution >= 0.6 is 0 Å². The lowest BCUT2D eigenvalue weighted by Gasteiger charge is -2.16. The van der Waals surface area contributed by atoms with Crippen LogP contribution in [0.1, 0.15) is 29.6 Å². The smallest absolute Gasteiger partial charge is 0.255 e. The van der Waals surface area contributed by atoms with Gasteiger partial charge in [0, 0.05) is 26.2 Å². The van der Waals surface area contributed by atoms with Crippen LogP contribution in [0.5, 0.6) is 5.75 Å². The van der Waals surface area contributed by atoms with Gasteiger partial charge in [-0.05, 0) is 43.9 Å². The van der Waals surface area contributed by atoms with E-state index in [-0.39, 0.29) is 5.91 Å². The Bertz CT molecular complexity index is 531. The van der Waals surface area contributed by atoms with E-state index in [1.807, 2.05) is 24.3 Å². The molecular formula is C18H26N2O3. The molecule has 1 aliphatic carbocycles. The topological polar surface area (TPSA) is 50.8 Å². The van der Waals surface area contributed by atoms with E-state index in [4.69, 9.17) is 9.47 Å². The van der Waals surface area contributed by atoms with Gasteiger partial charge in [-0.15, -0.1) is 0 Å². The Morgan fingerprint density at radius 1 is 1.26 bits per heavy atom. The highest BCUT2D eigenvalue weighted by molar-refractivity contribution is 5.96. The van der Waals surface area contributed by atoms with Crippen molar-refractivity contribution in [3.63, 3.8) is 0 Å². The predicted molar refractivity (Wildman–Crippen MR) is 88.8 cm³/mol. The van der Waals surface area contributed by atoms with Crippen LogP contribution in [-0.4, -0.2) is 56.8 Å². The molecule has 2 fully saturated rings. The quantitative estimate of drug-likeness (QED) is 0.744. The number of nitrogens with one attached hydrogen (secondary N) is 1. The SMILES string of the molecule is COCCOc1ccccc1C(=O)NC[C@H]1CCN(C2CC2)C1. The number of hydrogen-bond acceptors (Lipinski definition) is 4. The summed E-state index contributed by atoms with van der Waals surface area (Å²) in [6.45, 7) is 4.00. The number of methoxy groups -OCH3 is 1. The third kappa shape index (κ3) is 4.45. The highest BCUT2D eigenvalue weighted by Gasteiger charge is 2.34. The third-order valence-electron chi connectivity index (χ3n) is 4.61. The summed E-state index contributed by atoms with van der Waals surface area (Å²) < 4.78 is 10.6. The lowest BCUT2D eigenvalue weighted by molar-refractivity contribution is 0.0939. The molecule has 0 unspecified atom stereocenters. The molecule has 0 spiro atoms. The van der Waals surface area contributed by atoms with Crippen LogP contribution in [-0.2, 0) is 4.74 Å². The van der Waals surface area contributed by atoms with Gasteiger partial charge in [-0.25, -0.2) is 0 Å². The Morgan fingerprint density at radius 3 is 2.87 bits per heavy atom. The van der Waals surface area contributed by atoms with E-state index in [0.717, 1.165) is 19.1 Å². The first-order chi connectivity index (χ1) is 11.3. The Balaban J connectivity index is 1.49. The first-order valence-electron chi connectivity index (χ1n) is 8.51. The van der Waals surface area contributed by atoms with Gasteiger partial charge in [-0.2, -0.15) is 0 Å². The molecule has 5 nitrogen and oxygen atoms in total. The Hall–Kier alpha value is -1.59. The van der Waals surface area contributed by atoms with Gasteiger partial charge < -0.3 is 19.7 Å². The minimum Gasteiger partial charge on any atom is -0.490 e. The number of likely N-dealkylation sites (tertiary alicyclic amines) is 1. The van der Waals surface area contributed by atoms with Crippen molar-refractivity contribution in [2.45, 2.75) is 25.3 Å². The highest BCUT2D eigenvalue weighted by Crippen LogP contribution is 2.31. The second kappa shape index (κ2) is 7.79. The van der Waals surface area contributed by atoms with Crippen LogP contribution in [0.15, 0.2) is 24.3 Å². The number of hydrogen-bond donors (Lipinski definition) is 1. The summed E-state index contributed by atoms with van der Waals surface area (Å²) in [4.78, 5) is 15.0.